The van der Waals surface area contributed by atoms with Gasteiger partial charge in [0.05, 0.1) is 33.2 Å². The van der Waals surface area contributed by atoms with Crippen LogP contribution >= 0.6 is 47.2 Å². The van der Waals surface area contributed by atoms with Gasteiger partial charge in [0, 0.05) is 5.02 Å². The SMILES string of the molecule is CCOc1ccc(N2C(=O)/C(=C/c3coc4c(Cl)cc(Cl)cc4c3=O)SC2=S)cc1. The fourth-order valence-corrected chi connectivity index (χ4v) is 4.80. The van der Waals surface area contributed by atoms with Gasteiger partial charge < -0.3 is 9.15 Å². The van der Waals surface area contributed by atoms with Crippen LogP contribution < -0.4 is 15.1 Å². The molecule has 2 aromatic carbocycles. The first-order valence-corrected chi connectivity index (χ1v) is 10.8. The van der Waals surface area contributed by atoms with Crippen LogP contribution in [0.4, 0.5) is 5.69 Å². The Kier molecular flexibility index (Phi) is 5.88. The fraction of sp³-hybridized carbons (Fsp3) is 0.0952. The Morgan fingerprint density at radius 2 is 1.93 bits per heavy atom. The van der Waals surface area contributed by atoms with E-state index in [2.05, 4.69) is 0 Å². The molecule has 0 bridgehead atoms. The molecule has 1 aliphatic heterocycles. The Bertz CT molecular complexity index is 1270. The summed E-state index contributed by atoms with van der Waals surface area (Å²) in [5.41, 5.74) is 0.721. The van der Waals surface area contributed by atoms with Crippen molar-refractivity contribution < 1.29 is 13.9 Å². The van der Waals surface area contributed by atoms with Crippen molar-refractivity contribution in [3.05, 3.63) is 73.4 Å². The number of hydrogen-bond donors (Lipinski definition) is 0. The standard InChI is InChI=1S/C21H13Cl2NO4S2/c1-2-27-14-5-3-13(4-6-14)24-20(26)17(30-21(24)29)7-11-10-28-19-15(18(11)25)8-12(22)9-16(19)23/h3-10H,2H2,1H3/b17-7-. The number of rotatable bonds is 4. The number of halogens is 2. The molecule has 2 heterocycles. The number of thioether (sulfide) groups is 1. The van der Waals surface area contributed by atoms with E-state index in [4.69, 9.17) is 44.6 Å². The van der Waals surface area contributed by atoms with Crippen molar-refractivity contribution in [2.24, 2.45) is 0 Å². The summed E-state index contributed by atoms with van der Waals surface area (Å²) < 4.78 is 11.3. The molecule has 9 heteroatoms. The molecule has 1 aliphatic rings. The number of ether oxygens (including phenoxy) is 1. The molecule has 0 spiro atoms. The lowest BCUT2D eigenvalue weighted by Crippen LogP contribution is -2.27. The fourth-order valence-electron chi connectivity index (χ4n) is 2.97. The lowest BCUT2D eigenvalue weighted by Gasteiger charge is -2.15. The highest BCUT2D eigenvalue weighted by Crippen LogP contribution is 2.36. The molecule has 0 radical (unpaired) electrons. The Hall–Kier alpha value is -2.32. The summed E-state index contributed by atoms with van der Waals surface area (Å²) in [7, 11) is 0. The number of carbonyl (C=O) groups excluding carboxylic acids is 1. The van der Waals surface area contributed by atoms with E-state index >= 15 is 0 Å². The third-order valence-corrected chi connectivity index (χ3v) is 6.11. The van der Waals surface area contributed by atoms with E-state index < -0.39 is 0 Å². The van der Waals surface area contributed by atoms with E-state index in [1.165, 1.54) is 29.4 Å². The summed E-state index contributed by atoms with van der Waals surface area (Å²) in [6.45, 7) is 2.44. The maximum absolute atomic E-state index is 13.0. The molecule has 1 fully saturated rings. The zero-order valence-electron chi connectivity index (χ0n) is 15.5. The van der Waals surface area contributed by atoms with E-state index in [0.717, 1.165) is 11.8 Å². The topological polar surface area (TPSA) is 59.8 Å². The quantitative estimate of drug-likeness (QED) is 0.344. The van der Waals surface area contributed by atoms with Gasteiger partial charge >= 0.3 is 0 Å². The molecule has 0 N–H and O–H groups in total. The smallest absolute Gasteiger partial charge is 0.270 e. The molecule has 0 atom stereocenters. The molecular weight excluding hydrogens is 465 g/mol. The minimum Gasteiger partial charge on any atom is -0.494 e. The molecular formula is C21H13Cl2NO4S2. The molecule has 4 rings (SSSR count). The third kappa shape index (κ3) is 3.86. The summed E-state index contributed by atoms with van der Waals surface area (Å²) in [4.78, 5) is 27.5. The first kappa shape index (κ1) is 20.9. The molecule has 30 heavy (non-hydrogen) atoms. The van der Waals surface area contributed by atoms with Gasteiger partial charge in [0.1, 0.15) is 12.0 Å². The van der Waals surface area contributed by atoms with Gasteiger partial charge in [-0.15, -0.1) is 0 Å². The highest BCUT2D eigenvalue weighted by molar-refractivity contribution is 8.27. The lowest BCUT2D eigenvalue weighted by atomic mass is 10.1. The van der Waals surface area contributed by atoms with E-state index in [9.17, 15) is 9.59 Å². The van der Waals surface area contributed by atoms with Crippen LogP contribution in [0.2, 0.25) is 10.0 Å². The molecule has 0 saturated carbocycles. The van der Waals surface area contributed by atoms with Crippen LogP contribution in [0.5, 0.6) is 5.75 Å². The summed E-state index contributed by atoms with van der Waals surface area (Å²) >= 11 is 18.6. The van der Waals surface area contributed by atoms with Gasteiger partial charge in [0.15, 0.2) is 15.3 Å². The van der Waals surface area contributed by atoms with E-state index in [0.29, 0.717) is 32.3 Å². The Morgan fingerprint density at radius 1 is 1.20 bits per heavy atom. The largest absolute Gasteiger partial charge is 0.494 e. The Morgan fingerprint density at radius 3 is 2.63 bits per heavy atom. The van der Waals surface area contributed by atoms with Gasteiger partial charge in [-0.3, -0.25) is 14.5 Å². The zero-order chi connectivity index (χ0) is 21.4. The number of amides is 1. The Labute approximate surface area is 191 Å². The normalized spacial score (nSPS) is 15.4. The van der Waals surface area contributed by atoms with Crippen LogP contribution in [0.1, 0.15) is 12.5 Å². The van der Waals surface area contributed by atoms with Crippen molar-refractivity contribution in [3.8, 4) is 5.75 Å². The summed E-state index contributed by atoms with van der Waals surface area (Å²) in [5, 5.41) is 0.796. The van der Waals surface area contributed by atoms with Crippen LogP contribution in [-0.4, -0.2) is 16.8 Å². The number of carbonyl (C=O) groups is 1. The number of anilines is 1. The van der Waals surface area contributed by atoms with Crippen LogP contribution in [-0.2, 0) is 4.79 Å². The van der Waals surface area contributed by atoms with Gasteiger partial charge in [-0.25, -0.2) is 0 Å². The summed E-state index contributed by atoms with van der Waals surface area (Å²) in [6.07, 6.45) is 2.74. The number of fused-ring (bicyclic) bond motifs is 1. The highest BCUT2D eigenvalue weighted by Gasteiger charge is 2.33. The Balaban J connectivity index is 1.70. The molecule has 1 aromatic heterocycles. The predicted octanol–water partition coefficient (Wildman–Crippen LogP) is 5.90. The monoisotopic (exact) mass is 477 g/mol. The van der Waals surface area contributed by atoms with Crippen molar-refractivity contribution in [3.63, 3.8) is 0 Å². The third-order valence-electron chi connectivity index (χ3n) is 4.31. The van der Waals surface area contributed by atoms with Gasteiger partial charge in [0.25, 0.3) is 5.91 Å². The second-order valence-corrected chi connectivity index (χ2v) is 8.75. The van der Waals surface area contributed by atoms with Crippen LogP contribution in [0, 0.1) is 0 Å². The van der Waals surface area contributed by atoms with Crippen molar-refractivity contribution in [1.82, 2.24) is 0 Å². The minimum atomic E-state index is -0.341. The number of nitrogens with zero attached hydrogens (tertiary/aromatic N) is 1. The van der Waals surface area contributed by atoms with Crippen molar-refractivity contribution in [2.45, 2.75) is 6.92 Å². The maximum Gasteiger partial charge on any atom is 0.270 e. The van der Waals surface area contributed by atoms with Gasteiger partial charge in [0.2, 0.25) is 0 Å². The van der Waals surface area contributed by atoms with Crippen LogP contribution in [0.25, 0.3) is 17.0 Å². The van der Waals surface area contributed by atoms with E-state index in [1.54, 1.807) is 24.3 Å². The van der Waals surface area contributed by atoms with Crippen LogP contribution in [0.3, 0.4) is 0 Å². The van der Waals surface area contributed by atoms with Crippen molar-refractivity contribution >= 4 is 80.1 Å². The molecule has 0 unspecified atom stereocenters. The predicted molar refractivity (Wildman–Crippen MR) is 126 cm³/mol. The van der Waals surface area contributed by atoms with Gasteiger partial charge in [-0.05, 0) is 49.4 Å². The molecule has 0 aliphatic carbocycles. The molecule has 152 valence electrons. The molecule has 3 aromatic rings. The highest BCUT2D eigenvalue weighted by atomic mass is 35.5. The minimum absolute atomic E-state index is 0.202. The van der Waals surface area contributed by atoms with Crippen LogP contribution in [0.15, 0.2) is 56.8 Å². The number of hydrogen-bond acceptors (Lipinski definition) is 6. The summed E-state index contributed by atoms with van der Waals surface area (Å²) in [5.74, 6) is 0.381. The second kappa shape index (κ2) is 8.43. The number of thiocarbonyl (C=S) groups is 1. The first-order valence-electron chi connectivity index (χ1n) is 8.80. The van der Waals surface area contributed by atoms with E-state index in [1.807, 2.05) is 6.92 Å². The van der Waals surface area contributed by atoms with E-state index in [-0.39, 0.29) is 32.9 Å². The van der Waals surface area contributed by atoms with Gasteiger partial charge in [-0.2, -0.15) is 0 Å². The average molecular weight is 478 g/mol. The van der Waals surface area contributed by atoms with Crippen molar-refractivity contribution in [1.29, 1.82) is 0 Å². The maximum atomic E-state index is 13.0. The second-order valence-electron chi connectivity index (χ2n) is 6.23. The first-order chi connectivity index (χ1) is 14.4. The molecule has 1 amide bonds. The number of benzene rings is 2. The van der Waals surface area contributed by atoms with Gasteiger partial charge in [-0.1, -0.05) is 47.2 Å². The summed E-state index contributed by atoms with van der Waals surface area (Å²) in [6, 6.07) is 10.0. The average Bonchev–Trinajstić information content (AvgIpc) is 2.98. The zero-order valence-corrected chi connectivity index (χ0v) is 18.6. The molecule has 1 saturated heterocycles. The van der Waals surface area contributed by atoms with Crippen molar-refractivity contribution in [2.75, 3.05) is 11.5 Å². The molecule has 5 nitrogen and oxygen atoms in total. The lowest BCUT2D eigenvalue weighted by molar-refractivity contribution is -0.113.